The Morgan fingerprint density at radius 2 is 2.05 bits per heavy atom. The maximum atomic E-state index is 11.5. The van der Waals surface area contributed by atoms with Crippen molar-refractivity contribution in [1.82, 2.24) is 15.5 Å². The van der Waals surface area contributed by atoms with Crippen LogP contribution in [0.1, 0.15) is 19.3 Å². The third-order valence-corrected chi connectivity index (χ3v) is 3.13. The number of carbonyl (C=O) groups excluding carboxylic acids is 2. The number of likely N-dealkylation sites (N-methyl/N-ethyl adjacent to an activating group) is 1. The number of amides is 3. The molecule has 8 nitrogen and oxygen atoms in total. The summed E-state index contributed by atoms with van der Waals surface area (Å²) in [4.78, 5) is 35.1. The van der Waals surface area contributed by atoms with Crippen molar-refractivity contribution < 1.29 is 24.2 Å². The Morgan fingerprint density at radius 1 is 1.30 bits per heavy atom. The van der Waals surface area contributed by atoms with Crippen LogP contribution in [0.3, 0.4) is 0 Å². The summed E-state index contributed by atoms with van der Waals surface area (Å²) in [6.45, 7) is 0.465. The van der Waals surface area contributed by atoms with E-state index in [9.17, 15) is 14.4 Å². The molecule has 8 heteroatoms. The van der Waals surface area contributed by atoms with E-state index in [0.29, 0.717) is 6.54 Å². The summed E-state index contributed by atoms with van der Waals surface area (Å²) in [5, 5.41) is 13.0. The topological polar surface area (TPSA) is 108 Å². The average Bonchev–Trinajstić information content (AvgIpc) is 2.37. The first-order valence-electron chi connectivity index (χ1n) is 6.56. The zero-order chi connectivity index (χ0) is 15.0. The number of ether oxygens (including phenoxy) is 1. The zero-order valence-electron chi connectivity index (χ0n) is 11.6. The first-order chi connectivity index (χ1) is 9.49. The molecule has 1 saturated heterocycles. The van der Waals surface area contributed by atoms with Gasteiger partial charge in [-0.15, -0.1) is 0 Å². The SMILES string of the molecule is CN1CCCCC1CNC(=O)NC(=O)COCC(=O)O. The smallest absolute Gasteiger partial charge is 0.329 e. The van der Waals surface area contributed by atoms with E-state index < -0.39 is 31.1 Å². The molecule has 1 rings (SSSR count). The van der Waals surface area contributed by atoms with Gasteiger partial charge in [-0.2, -0.15) is 0 Å². The number of carbonyl (C=O) groups is 3. The molecule has 1 unspecified atom stereocenters. The predicted octanol–water partition coefficient (Wildman–Crippen LogP) is -0.602. The van der Waals surface area contributed by atoms with E-state index in [1.165, 1.54) is 6.42 Å². The highest BCUT2D eigenvalue weighted by molar-refractivity contribution is 5.94. The van der Waals surface area contributed by atoms with E-state index in [2.05, 4.69) is 20.3 Å². The largest absolute Gasteiger partial charge is 0.480 e. The molecule has 0 spiro atoms. The standard InChI is InChI=1S/C12H21N3O5/c1-15-5-3-2-4-9(15)6-13-12(19)14-10(16)7-20-8-11(17)18/h9H,2-8H2,1H3,(H,17,18)(H2,13,14,16,19). The van der Waals surface area contributed by atoms with Crippen molar-refractivity contribution in [2.45, 2.75) is 25.3 Å². The van der Waals surface area contributed by atoms with Crippen LogP contribution in [-0.2, 0) is 14.3 Å². The third kappa shape index (κ3) is 6.48. The number of urea groups is 1. The van der Waals surface area contributed by atoms with Crippen LogP contribution in [-0.4, -0.2) is 67.3 Å². The molecule has 20 heavy (non-hydrogen) atoms. The summed E-state index contributed by atoms with van der Waals surface area (Å²) in [5.74, 6) is -1.83. The molecule has 1 fully saturated rings. The molecule has 0 radical (unpaired) electrons. The van der Waals surface area contributed by atoms with Gasteiger partial charge in [-0.25, -0.2) is 9.59 Å². The van der Waals surface area contributed by atoms with E-state index in [-0.39, 0.29) is 6.04 Å². The summed E-state index contributed by atoms with van der Waals surface area (Å²) in [6, 6.07) is -0.305. The Morgan fingerprint density at radius 3 is 2.70 bits per heavy atom. The first-order valence-corrected chi connectivity index (χ1v) is 6.56. The van der Waals surface area contributed by atoms with Crippen molar-refractivity contribution in [2.75, 3.05) is 33.4 Å². The van der Waals surface area contributed by atoms with Crippen molar-refractivity contribution in [1.29, 1.82) is 0 Å². The second-order valence-electron chi connectivity index (χ2n) is 4.77. The molecule has 0 aromatic carbocycles. The van der Waals surface area contributed by atoms with Crippen LogP contribution >= 0.6 is 0 Å². The minimum absolute atomic E-state index is 0.285. The van der Waals surface area contributed by atoms with Crippen LogP contribution in [0.4, 0.5) is 4.79 Å². The molecular weight excluding hydrogens is 266 g/mol. The highest BCUT2D eigenvalue weighted by Crippen LogP contribution is 2.13. The van der Waals surface area contributed by atoms with Crippen molar-refractivity contribution in [3.05, 3.63) is 0 Å². The molecule has 1 atom stereocenters. The second kappa shape index (κ2) is 8.49. The number of piperidine rings is 1. The Bertz CT molecular complexity index is 361. The Kier molecular flexibility index (Phi) is 6.96. The molecule has 3 amide bonds. The van der Waals surface area contributed by atoms with Gasteiger partial charge in [-0.1, -0.05) is 6.42 Å². The van der Waals surface area contributed by atoms with Crippen molar-refractivity contribution in [3.8, 4) is 0 Å². The zero-order valence-corrected chi connectivity index (χ0v) is 11.6. The van der Waals surface area contributed by atoms with E-state index >= 15 is 0 Å². The minimum atomic E-state index is -1.16. The van der Waals surface area contributed by atoms with Crippen molar-refractivity contribution >= 4 is 17.9 Å². The fourth-order valence-electron chi connectivity index (χ4n) is 2.05. The molecule has 1 aliphatic heterocycles. The molecule has 0 aromatic heterocycles. The van der Waals surface area contributed by atoms with Gasteiger partial charge in [0.25, 0.3) is 5.91 Å². The van der Waals surface area contributed by atoms with Crippen molar-refractivity contribution in [3.63, 3.8) is 0 Å². The highest BCUT2D eigenvalue weighted by atomic mass is 16.5. The quantitative estimate of drug-likeness (QED) is 0.602. The van der Waals surface area contributed by atoms with E-state index in [1.54, 1.807) is 0 Å². The van der Waals surface area contributed by atoms with Gasteiger partial charge in [0, 0.05) is 12.6 Å². The fraction of sp³-hybridized carbons (Fsp3) is 0.750. The Balaban J connectivity index is 2.15. The molecule has 114 valence electrons. The number of nitrogens with zero attached hydrogens (tertiary/aromatic N) is 1. The number of aliphatic carboxylic acids is 1. The molecule has 0 bridgehead atoms. The van der Waals surface area contributed by atoms with Gasteiger partial charge in [-0.3, -0.25) is 10.1 Å². The summed E-state index contributed by atoms with van der Waals surface area (Å²) < 4.78 is 4.57. The maximum Gasteiger partial charge on any atom is 0.329 e. The number of nitrogens with one attached hydrogen (secondary N) is 2. The number of likely N-dealkylation sites (tertiary alicyclic amines) is 1. The molecular formula is C12H21N3O5. The normalized spacial score (nSPS) is 19.4. The number of hydrogen-bond donors (Lipinski definition) is 3. The van der Waals surface area contributed by atoms with Gasteiger partial charge in [0.15, 0.2) is 0 Å². The predicted molar refractivity (Wildman–Crippen MR) is 70.3 cm³/mol. The van der Waals surface area contributed by atoms with Gasteiger partial charge in [-0.05, 0) is 26.4 Å². The van der Waals surface area contributed by atoms with E-state index in [1.807, 2.05) is 7.05 Å². The Labute approximate surface area is 117 Å². The fourth-order valence-corrected chi connectivity index (χ4v) is 2.05. The van der Waals surface area contributed by atoms with Crippen LogP contribution in [0, 0.1) is 0 Å². The van der Waals surface area contributed by atoms with Gasteiger partial charge < -0.3 is 20.1 Å². The minimum Gasteiger partial charge on any atom is -0.480 e. The van der Waals surface area contributed by atoms with E-state index in [4.69, 9.17) is 5.11 Å². The maximum absolute atomic E-state index is 11.5. The molecule has 0 aromatic rings. The molecule has 0 aliphatic carbocycles. The van der Waals surface area contributed by atoms with Crippen LogP contribution in [0.2, 0.25) is 0 Å². The van der Waals surface area contributed by atoms with Crippen LogP contribution < -0.4 is 10.6 Å². The lowest BCUT2D eigenvalue weighted by Gasteiger charge is -2.32. The summed E-state index contributed by atoms with van der Waals surface area (Å²) in [5.41, 5.74) is 0. The Hall–Kier alpha value is -1.67. The number of carboxylic acid groups (broad SMARTS) is 1. The molecule has 1 heterocycles. The lowest BCUT2D eigenvalue weighted by molar-refractivity contribution is -0.143. The summed E-state index contributed by atoms with van der Waals surface area (Å²) in [6.07, 6.45) is 3.32. The number of carboxylic acids is 1. The van der Waals surface area contributed by atoms with Gasteiger partial charge in [0.05, 0.1) is 0 Å². The highest BCUT2D eigenvalue weighted by Gasteiger charge is 2.19. The molecule has 1 aliphatic rings. The van der Waals surface area contributed by atoms with E-state index in [0.717, 1.165) is 19.4 Å². The van der Waals surface area contributed by atoms with Crippen LogP contribution in [0.5, 0.6) is 0 Å². The molecule has 3 N–H and O–H groups in total. The second-order valence-corrected chi connectivity index (χ2v) is 4.77. The number of imide groups is 1. The monoisotopic (exact) mass is 287 g/mol. The van der Waals surface area contributed by atoms with Gasteiger partial charge in [0.2, 0.25) is 0 Å². The first kappa shape index (κ1) is 16.4. The van der Waals surface area contributed by atoms with Gasteiger partial charge >= 0.3 is 12.0 Å². The summed E-state index contributed by atoms with van der Waals surface area (Å²) in [7, 11) is 2.01. The van der Waals surface area contributed by atoms with Crippen molar-refractivity contribution in [2.24, 2.45) is 0 Å². The average molecular weight is 287 g/mol. The van der Waals surface area contributed by atoms with Crippen LogP contribution in [0.25, 0.3) is 0 Å². The number of rotatable bonds is 6. The van der Waals surface area contributed by atoms with Gasteiger partial charge in [0.1, 0.15) is 13.2 Å². The van der Waals surface area contributed by atoms with Crippen LogP contribution in [0.15, 0.2) is 0 Å². The summed E-state index contributed by atoms with van der Waals surface area (Å²) >= 11 is 0. The number of hydrogen-bond acceptors (Lipinski definition) is 5. The lowest BCUT2D eigenvalue weighted by Crippen LogP contribution is -2.48. The molecule has 0 saturated carbocycles. The third-order valence-electron chi connectivity index (χ3n) is 3.13. The lowest BCUT2D eigenvalue weighted by atomic mass is 10.0.